The SMILES string of the molecule is COc1ccc(C2CCN(c3c(C=O)ccc(C(F)(F)F)c3[N+](=O)[O-])CC2)cc1. The van der Waals surface area contributed by atoms with E-state index in [0.717, 1.165) is 17.4 Å². The highest BCUT2D eigenvalue weighted by Crippen LogP contribution is 2.44. The Kier molecular flexibility index (Phi) is 5.76. The first-order valence-corrected chi connectivity index (χ1v) is 8.99. The van der Waals surface area contributed by atoms with Crippen LogP contribution in [0.1, 0.15) is 40.2 Å². The van der Waals surface area contributed by atoms with Crippen LogP contribution in [0.2, 0.25) is 0 Å². The monoisotopic (exact) mass is 408 g/mol. The topological polar surface area (TPSA) is 72.7 Å². The molecule has 1 saturated heterocycles. The summed E-state index contributed by atoms with van der Waals surface area (Å²) in [6.45, 7) is 0.610. The summed E-state index contributed by atoms with van der Waals surface area (Å²) in [6.07, 6.45) is -3.34. The third kappa shape index (κ3) is 4.18. The lowest BCUT2D eigenvalue weighted by molar-refractivity contribution is -0.387. The molecule has 0 aliphatic carbocycles. The molecule has 1 aliphatic rings. The number of carbonyl (C=O) groups excluding carboxylic acids is 1. The van der Waals surface area contributed by atoms with E-state index in [9.17, 15) is 28.1 Å². The minimum Gasteiger partial charge on any atom is -0.497 e. The van der Waals surface area contributed by atoms with E-state index in [1.54, 1.807) is 7.11 Å². The Morgan fingerprint density at radius 2 is 1.76 bits per heavy atom. The van der Waals surface area contributed by atoms with E-state index in [4.69, 9.17) is 4.74 Å². The first-order chi connectivity index (χ1) is 13.8. The minimum absolute atomic E-state index is 0.118. The van der Waals surface area contributed by atoms with Gasteiger partial charge in [-0.1, -0.05) is 12.1 Å². The molecule has 0 N–H and O–H groups in total. The van der Waals surface area contributed by atoms with Gasteiger partial charge in [-0.05, 0) is 48.6 Å². The van der Waals surface area contributed by atoms with Gasteiger partial charge in [-0.25, -0.2) is 0 Å². The second kappa shape index (κ2) is 8.10. The van der Waals surface area contributed by atoms with Crippen LogP contribution >= 0.6 is 0 Å². The largest absolute Gasteiger partial charge is 0.497 e. The number of nitro groups is 1. The fourth-order valence-electron chi connectivity index (χ4n) is 3.75. The molecular formula is C20H19F3N2O4. The fourth-order valence-corrected chi connectivity index (χ4v) is 3.75. The number of piperidine rings is 1. The number of nitro benzene ring substituents is 1. The Morgan fingerprint density at radius 1 is 1.14 bits per heavy atom. The fraction of sp³-hybridized carbons (Fsp3) is 0.350. The van der Waals surface area contributed by atoms with Crippen LogP contribution in [0.25, 0.3) is 0 Å². The number of alkyl halides is 3. The van der Waals surface area contributed by atoms with Crippen LogP contribution in [0.15, 0.2) is 36.4 Å². The molecule has 29 heavy (non-hydrogen) atoms. The molecule has 3 rings (SSSR count). The van der Waals surface area contributed by atoms with E-state index in [-0.39, 0.29) is 17.2 Å². The zero-order chi connectivity index (χ0) is 21.2. The van der Waals surface area contributed by atoms with Crippen LogP contribution in [0.3, 0.4) is 0 Å². The van der Waals surface area contributed by atoms with Crippen molar-refractivity contribution in [3.8, 4) is 5.75 Å². The summed E-state index contributed by atoms with van der Waals surface area (Å²) in [5.41, 5.74) is -1.72. The second-order valence-corrected chi connectivity index (χ2v) is 6.81. The van der Waals surface area contributed by atoms with Crippen molar-refractivity contribution in [1.82, 2.24) is 0 Å². The van der Waals surface area contributed by atoms with Crippen LogP contribution in [0.4, 0.5) is 24.5 Å². The highest BCUT2D eigenvalue weighted by molar-refractivity contribution is 5.90. The summed E-state index contributed by atoms with van der Waals surface area (Å²) in [5.74, 6) is 0.892. The number of halogens is 3. The van der Waals surface area contributed by atoms with Crippen molar-refractivity contribution in [1.29, 1.82) is 0 Å². The van der Waals surface area contributed by atoms with Gasteiger partial charge in [0.2, 0.25) is 0 Å². The average Bonchev–Trinajstić information content (AvgIpc) is 2.72. The number of anilines is 1. The molecule has 0 aromatic heterocycles. The number of methoxy groups -OCH3 is 1. The van der Waals surface area contributed by atoms with E-state index >= 15 is 0 Å². The van der Waals surface area contributed by atoms with Crippen LogP contribution < -0.4 is 9.64 Å². The second-order valence-electron chi connectivity index (χ2n) is 6.81. The van der Waals surface area contributed by atoms with Gasteiger partial charge in [0.15, 0.2) is 6.29 Å². The molecule has 154 valence electrons. The van der Waals surface area contributed by atoms with Crippen LogP contribution in [-0.4, -0.2) is 31.4 Å². The summed E-state index contributed by atoms with van der Waals surface area (Å²) < 4.78 is 45.1. The molecule has 0 bridgehead atoms. The Labute approximate surface area is 165 Å². The summed E-state index contributed by atoms with van der Waals surface area (Å²) in [5, 5.41) is 11.5. The summed E-state index contributed by atoms with van der Waals surface area (Å²) in [7, 11) is 1.57. The predicted molar refractivity (Wildman–Crippen MR) is 101 cm³/mol. The zero-order valence-corrected chi connectivity index (χ0v) is 15.6. The summed E-state index contributed by atoms with van der Waals surface area (Å²) in [4.78, 5) is 23.4. The molecule has 0 atom stereocenters. The molecule has 0 spiro atoms. The van der Waals surface area contributed by atoms with Crippen LogP contribution in [0, 0.1) is 10.1 Å². The number of carbonyl (C=O) groups is 1. The zero-order valence-electron chi connectivity index (χ0n) is 15.6. The maximum absolute atomic E-state index is 13.3. The van der Waals surface area contributed by atoms with Gasteiger partial charge in [-0.3, -0.25) is 14.9 Å². The first kappa shape index (κ1) is 20.6. The molecule has 0 unspecified atom stereocenters. The number of hydrogen-bond donors (Lipinski definition) is 0. The molecule has 6 nitrogen and oxygen atoms in total. The number of hydrogen-bond acceptors (Lipinski definition) is 5. The van der Waals surface area contributed by atoms with Gasteiger partial charge in [0.1, 0.15) is 17.0 Å². The van der Waals surface area contributed by atoms with E-state index < -0.39 is 22.4 Å². The van der Waals surface area contributed by atoms with Gasteiger partial charge < -0.3 is 9.64 Å². The summed E-state index contributed by atoms with van der Waals surface area (Å²) in [6, 6.07) is 9.13. The normalized spacial score (nSPS) is 15.2. The van der Waals surface area contributed by atoms with Crippen molar-refractivity contribution < 1.29 is 27.6 Å². The van der Waals surface area contributed by atoms with Crippen LogP contribution in [-0.2, 0) is 6.18 Å². The highest BCUT2D eigenvalue weighted by atomic mass is 19.4. The maximum atomic E-state index is 13.3. The third-order valence-electron chi connectivity index (χ3n) is 5.20. The van der Waals surface area contributed by atoms with Crippen molar-refractivity contribution in [3.63, 3.8) is 0 Å². The molecule has 1 fully saturated rings. The number of ether oxygens (including phenoxy) is 1. The molecule has 2 aromatic carbocycles. The van der Waals surface area contributed by atoms with E-state index in [1.165, 1.54) is 4.90 Å². The molecule has 1 aliphatic heterocycles. The summed E-state index contributed by atoms with van der Waals surface area (Å²) >= 11 is 0. The van der Waals surface area contributed by atoms with Crippen molar-refractivity contribution in [2.75, 3.05) is 25.1 Å². The average molecular weight is 408 g/mol. The van der Waals surface area contributed by atoms with Crippen molar-refractivity contribution in [2.24, 2.45) is 0 Å². The van der Waals surface area contributed by atoms with Gasteiger partial charge in [0.25, 0.3) is 0 Å². The van der Waals surface area contributed by atoms with Crippen molar-refractivity contribution >= 4 is 17.7 Å². The van der Waals surface area contributed by atoms with Gasteiger partial charge in [-0.15, -0.1) is 0 Å². The first-order valence-electron chi connectivity index (χ1n) is 8.99. The molecule has 0 radical (unpaired) electrons. The lowest BCUT2D eigenvalue weighted by Crippen LogP contribution is -2.34. The van der Waals surface area contributed by atoms with E-state index in [1.807, 2.05) is 24.3 Å². The highest BCUT2D eigenvalue weighted by Gasteiger charge is 2.42. The molecule has 0 saturated carbocycles. The lowest BCUT2D eigenvalue weighted by atomic mass is 9.88. The molecule has 1 heterocycles. The van der Waals surface area contributed by atoms with E-state index in [0.29, 0.717) is 38.3 Å². The van der Waals surface area contributed by atoms with E-state index in [2.05, 4.69) is 0 Å². The quantitative estimate of drug-likeness (QED) is 0.403. The Hall–Kier alpha value is -3.10. The Morgan fingerprint density at radius 3 is 2.24 bits per heavy atom. The van der Waals surface area contributed by atoms with Gasteiger partial charge in [0, 0.05) is 18.7 Å². The number of aldehydes is 1. The van der Waals surface area contributed by atoms with Gasteiger partial charge in [-0.2, -0.15) is 13.2 Å². The molecule has 9 heteroatoms. The molecule has 0 amide bonds. The Balaban J connectivity index is 1.91. The van der Waals surface area contributed by atoms with Crippen LogP contribution in [0.5, 0.6) is 5.75 Å². The lowest BCUT2D eigenvalue weighted by Gasteiger charge is -2.34. The molecular weight excluding hydrogens is 389 g/mol. The van der Waals surface area contributed by atoms with Crippen molar-refractivity contribution in [3.05, 3.63) is 63.2 Å². The Bertz CT molecular complexity index is 905. The number of rotatable bonds is 5. The number of nitrogens with zero attached hydrogens (tertiary/aromatic N) is 2. The van der Waals surface area contributed by atoms with Gasteiger partial charge >= 0.3 is 11.9 Å². The van der Waals surface area contributed by atoms with Gasteiger partial charge in [0.05, 0.1) is 12.0 Å². The number of benzene rings is 2. The third-order valence-corrected chi connectivity index (χ3v) is 5.20. The maximum Gasteiger partial charge on any atom is 0.423 e. The smallest absolute Gasteiger partial charge is 0.423 e. The standard InChI is InChI=1S/C20H19F3N2O4/c1-29-16-5-2-13(3-6-16)14-8-10-24(11-9-14)18-15(12-26)4-7-17(20(21,22)23)19(18)25(27)28/h2-7,12,14H,8-11H2,1H3. The molecule has 2 aromatic rings. The van der Waals surface area contributed by atoms with Crippen molar-refractivity contribution in [2.45, 2.75) is 24.9 Å². The predicted octanol–water partition coefficient (Wildman–Crippen LogP) is 4.82. The minimum atomic E-state index is -4.89.